The average molecular weight is 403 g/mol. The second kappa shape index (κ2) is 11.2. The van der Waals surface area contributed by atoms with E-state index in [0.29, 0.717) is 19.6 Å². The molecule has 0 radical (unpaired) electrons. The minimum absolute atomic E-state index is 0.0339. The van der Waals surface area contributed by atoms with Crippen LogP contribution >= 0.6 is 0 Å². The molecule has 0 bridgehead atoms. The maximum Gasteiger partial charge on any atom is 0.221 e. The first kappa shape index (κ1) is 21.6. The van der Waals surface area contributed by atoms with Crippen LogP contribution < -0.4 is 10.1 Å². The number of carbonyl (C=O) groups excluding carboxylic acids is 1. The molecule has 4 heteroatoms. The van der Waals surface area contributed by atoms with Crippen LogP contribution in [-0.4, -0.2) is 38.1 Å². The van der Waals surface area contributed by atoms with Gasteiger partial charge in [0.2, 0.25) is 5.91 Å². The van der Waals surface area contributed by atoms with Crippen molar-refractivity contribution in [3.05, 3.63) is 102 Å². The fraction of sp³-hybridized carbons (Fsp3) is 0.269. The predicted molar refractivity (Wildman–Crippen MR) is 122 cm³/mol. The summed E-state index contributed by atoms with van der Waals surface area (Å²) in [5.74, 6) is 0.898. The molecule has 0 saturated heterocycles. The molecule has 0 aromatic heterocycles. The third kappa shape index (κ3) is 6.75. The minimum Gasteiger partial charge on any atom is -0.492 e. The molecule has 3 aromatic carbocycles. The molecular weight excluding hydrogens is 372 g/mol. The van der Waals surface area contributed by atoms with Gasteiger partial charge in [-0.15, -0.1) is 0 Å². The minimum atomic E-state index is 0.0339. The van der Waals surface area contributed by atoms with Crippen molar-refractivity contribution >= 4 is 5.91 Å². The molecule has 1 amide bonds. The molecular formula is C26H30N2O2. The Morgan fingerprint density at radius 2 is 1.53 bits per heavy atom. The lowest BCUT2D eigenvalue weighted by molar-refractivity contribution is -0.121. The number of likely N-dealkylation sites (N-methyl/N-ethyl adjacent to an activating group) is 1. The molecule has 156 valence electrons. The summed E-state index contributed by atoms with van der Waals surface area (Å²) >= 11 is 0. The largest absolute Gasteiger partial charge is 0.492 e. The van der Waals surface area contributed by atoms with Crippen molar-refractivity contribution in [2.75, 3.05) is 27.2 Å². The Kier molecular flexibility index (Phi) is 8.04. The topological polar surface area (TPSA) is 41.6 Å². The van der Waals surface area contributed by atoms with Crippen LogP contribution in [0, 0.1) is 0 Å². The average Bonchev–Trinajstić information content (AvgIpc) is 2.77. The molecule has 0 heterocycles. The first-order chi connectivity index (χ1) is 14.6. The maximum absolute atomic E-state index is 12.8. The highest BCUT2D eigenvalue weighted by Gasteiger charge is 2.17. The predicted octanol–water partition coefficient (Wildman–Crippen LogP) is 4.47. The van der Waals surface area contributed by atoms with Gasteiger partial charge in [-0.3, -0.25) is 4.79 Å². The lowest BCUT2D eigenvalue weighted by Crippen LogP contribution is -2.25. The number of nitrogens with zero attached hydrogens (tertiary/aromatic N) is 1. The van der Waals surface area contributed by atoms with Crippen molar-refractivity contribution in [3.8, 4) is 5.75 Å². The van der Waals surface area contributed by atoms with Crippen LogP contribution in [0.4, 0.5) is 0 Å². The molecule has 0 aliphatic heterocycles. The smallest absolute Gasteiger partial charge is 0.221 e. The van der Waals surface area contributed by atoms with Crippen molar-refractivity contribution < 1.29 is 9.53 Å². The standard InChI is InChI=1S/C26H30N2O2/c1-28(2)16-17-30-24-15-9-10-21(18-24)20-27-26(29)19-25(22-11-5-3-6-12-22)23-13-7-4-8-14-23/h3-15,18,25H,16-17,19-20H2,1-2H3,(H,27,29). The number of hydrogen-bond donors (Lipinski definition) is 1. The molecule has 3 aromatic rings. The Morgan fingerprint density at radius 1 is 0.900 bits per heavy atom. The zero-order valence-electron chi connectivity index (χ0n) is 17.8. The van der Waals surface area contributed by atoms with Crippen molar-refractivity contribution in [1.82, 2.24) is 10.2 Å². The number of carbonyl (C=O) groups is 1. The zero-order valence-corrected chi connectivity index (χ0v) is 17.8. The summed E-state index contributed by atoms with van der Waals surface area (Å²) in [6.45, 7) is 1.99. The Labute approximate surface area is 179 Å². The summed E-state index contributed by atoms with van der Waals surface area (Å²) in [5.41, 5.74) is 3.33. The number of amides is 1. The second-order valence-corrected chi connectivity index (χ2v) is 7.65. The van der Waals surface area contributed by atoms with Crippen LogP contribution in [0.25, 0.3) is 0 Å². The first-order valence-corrected chi connectivity index (χ1v) is 10.3. The number of benzene rings is 3. The summed E-state index contributed by atoms with van der Waals surface area (Å²) < 4.78 is 5.79. The molecule has 0 atom stereocenters. The Balaban J connectivity index is 1.60. The molecule has 1 N–H and O–H groups in total. The van der Waals surface area contributed by atoms with E-state index < -0.39 is 0 Å². The maximum atomic E-state index is 12.8. The quantitative estimate of drug-likeness (QED) is 0.544. The Bertz CT molecular complexity index is 871. The number of nitrogens with one attached hydrogen (secondary N) is 1. The summed E-state index contributed by atoms with van der Waals surface area (Å²) in [6, 6.07) is 28.3. The highest BCUT2D eigenvalue weighted by Crippen LogP contribution is 2.27. The van der Waals surface area contributed by atoms with Crippen LogP contribution in [0.15, 0.2) is 84.9 Å². The Morgan fingerprint density at radius 3 is 2.13 bits per heavy atom. The van der Waals surface area contributed by atoms with Gasteiger partial charge in [0, 0.05) is 25.4 Å². The summed E-state index contributed by atoms with van der Waals surface area (Å²) in [6.07, 6.45) is 0.410. The molecule has 0 fully saturated rings. The molecule has 0 aliphatic rings. The van der Waals surface area contributed by atoms with E-state index in [2.05, 4.69) is 34.5 Å². The van der Waals surface area contributed by atoms with Gasteiger partial charge in [-0.25, -0.2) is 0 Å². The van der Waals surface area contributed by atoms with Crippen molar-refractivity contribution in [1.29, 1.82) is 0 Å². The van der Waals surface area contributed by atoms with E-state index in [1.54, 1.807) is 0 Å². The van der Waals surface area contributed by atoms with E-state index in [-0.39, 0.29) is 11.8 Å². The van der Waals surface area contributed by atoms with Gasteiger partial charge in [0.15, 0.2) is 0 Å². The number of rotatable bonds is 10. The lowest BCUT2D eigenvalue weighted by atomic mass is 9.88. The molecule has 0 unspecified atom stereocenters. The number of hydrogen-bond acceptors (Lipinski definition) is 3. The normalized spacial score (nSPS) is 10.9. The van der Waals surface area contributed by atoms with Crippen molar-refractivity contribution in [2.24, 2.45) is 0 Å². The van der Waals surface area contributed by atoms with E-state index >= 15 is 0 Å². The fourth-order valence-electron chi connectivity index (χ4n) is 3.35. The van der Waals surface area contributed by atoms with Gasteiger partial charge in [0.1, 0.15) is 12.4 Å². The van der Waals surface area contributed by atoms with Crippen LogP contribution in [0.3, 0.4) is 0 Å². The van der Waals surface area contributed by atoms with Gasteiger partial charge < -0.3 is 15.0 Å². The molecule has 4 nitrogen and oxygen atoms in total. The van der Waals surface area contributed by atoms with E-state index in [1.165, 1.54) is 0 Å². The van der Waals surface area contributed by atoms with Crippen LogP contribution in [0.2, 0.25) is 0 Å². The van der Waals surface area contributed by atoms with E-state index in [0.717, 1.165) is 29.0 Å². The SMILES string of the molecule is CN(C)CCOc1cccc(CNC(=O)CC(c2ccccc2)c2ccccc2)c1. The zero-order chi connectivity index (χ0) is 21.2. The molecule has 0 aliphatic carbocycles. The summed E-state index contributed by atoms with van der Waals surface area (Å²) in [4.78, 5) is 14.8. The van der Waals surface area contributed by atoms with Gasteiger partial charge >= 0.3 is 0 Å². The monoisotopic (exact) mass is 402 g/mol. The highest BCUT2D eigenvalue weighted by molar-refractivity contribution is 5.77. The number of ether oxygens (including phenoxy) is 1. The Hall–Kier alpha value is -3.11. The lowest BCUT2D eigenvalue weighted by Gasteiger charge is -2.18. The summed E-state index contributed by atoms with van der Waals surface area (Å²) in [5, 5.41) is 3.07. The molecule has 30 heavy (non-hydrogen) atoms. The van der Waals surface area contributed by atoms with Gasteiger partial charge in [0.05, 0.1) is 0 Å². The fourth-order valence-corrected chi connectivity index (χ4v) is 3.35. The van der Waals surface area contributed by atoms with E-state index in [9.17, 15) is 4.79 Å². The van der Waals surface area contributed by atoms with Gasteiger partial charge in [-0.2, -0.15) is 0 Å². The first-order valence-electron chi connectivity index (χ1n) is 10.3. The van der Waals surface area contributed by atoms with E-state index in [1.807, 2.05) is 74.8 Å². The van der Waals surface area contributed by atoms with Crippen molar-refractivity contribution in [2.45, 2.75) is 18.9 Å². The molecule has 0 saturated carbocycles. The third-order valence-corrected chi connectivity index (χ3v) is 4.99. The third-order valence-electron chi connectivity index (χ3n) is 4.99. The highest BCUT2D eigenvalue weighted by atomic mass is 16.5. The van der Waals surface area contributed by atoms with Crippen LogP contribution in [-0.2, 0) is 11.3 Å². The summed E-state index contributed by atoms with van der Waals surface area (Å²) in [7, 11) is 4.04. The van der Waals surface area contributed by atoms with Gasteiger partial charge in [-0.1, -0.05) is 72.8 Å². The van der Waals surface area contributed by atoms with E-state index in [4.69, 9.17) is 4.74 Å². The van der Waals surface area contributed by atoms with Crippen LogP contribution in [0.1, 0.15) is 29.0 Å². The van der Waals surface area contributed by atoms with Gasteiger partial charge in [0.25, 0.3) is 0 Å². The molecule has 3 rings (SSSR count). The van der Waals surface area contributed by atoms with Gasteiger partial charge in [-0.05, 0) is 42.9 Å². The van der Waals surface area contributed by atoms with Crippen LogP contribution in [0.5, 0.6) is 5.75 Å². The second-order valence-electron chi connectivity index (χ2n) is 7.65. The van der Waals surface area contributed by atoms with Crippen molar-refractivity contribution in [3.63, 3.8) is 0 Å². The molecule has 0 spiro atoms.